The van der Waals surface area contributed by atoms with Crippen molar-refractivity contribution in [3.05, 3.63) is 170 Å². The number of fused-ring (bicyclic) bond motifs is 12. The van der Waals surface area contributed by atoms with Crippen LogP contribution in [0.25, 0.3) is 85.6 Å². The van der Waals surface area contributed by atoms with Crippen molar-refractivity contribution in [1.82, 2.24) is 4.98 Å². The third kappa shape index (κ3) is 4.33. The molecule has 0 aliphatic heterocycles. The van der Waals surface area contributed by atoms with Crippen molar-refractivity contribution >= 4 is 103 Å². The summed E-state index contributed by atoms with van der Waals surface area (Å²) in [5.74, 6) is 0. The summed E-state index contributed by atoms with van der Waals surface area (Å²) in [4.78, 5) is 7.03. The number of benzene rings is 8. The number of furan rings is 1. The van der Waals surface area contributed by atoms with Crippen LogP contribution in [0.3, 0.4) is 0 Å². The summed E-state index contributed by atoms with van der Waals surface area (Å²) in [6, 6.07) is 56.9. The summed E-state index contributed by atoms with van der Waals surface area (Å²) in [5.41, 5.74) is 7.02. The van der Waals surface area contributed by atoms with Crippen molar-refractivity contribution in [3.63, 3.8) is 0 Å². The standard InChI is InChI=1S/C47H28N2OS/c1-2-11-35-33(9-1)34-10-3-4-12-36(34)41-25-30(19-23-37(35)41)29-17-20-31(21-18-29)49(32-22-24-40-39-14-6-8-16-45(39)51-46(40)26-32)43-28-48-27-42-38-13-5-7-15-44(38)50-47(42)43/h1-28H. The van der Waals surface area contributed by atoms with E-state index in [4.69, 9.17) is 9.40 Å². The molecule has 0 saturated carbocycles. The zero-order chi connectivity index (χ0) is 33.5. The average molecular weight is 669 g/mol. The number of para-hydroxylation sites is 1. The van der Waals surface area contributed by atoms with Crippen molar-refractivity contribution in [1.29, 1.82) is 0 Å². The van der Waals surface area contributed by atoms with Crippen LogP contribution in [0.5, 0.6) is 0 Å². The molecule has 4 heteroatoms. The summed E-state index contributed by atoms with van der Waals surface area (Å²) >= 11 is 1.83. The molecule has 3 aromatic heterocycles. The number of hydrogen-bond donors (Lipinski definition) is 0. The Morgan fingerprint density at radius 2 is 0.980 bits per heavy atom. The molecule has 0 atom stereocenters. The molecule has 3 nitrogen and oxygen atoms in total. The molecule has 51 heavy (non-hydrogen) atoms. The van der Waals surface area contributed by atoms with E-state index in [1.807, 2.05) is 41.9 Å². The van der Waals surface area contributed by atoms with Gasteiger partial charge in [-0.2, -0.15) is 0 Å². The first-order valence-electron chi connectivity index (χ1n) is 17.2. The van der Waals surface area contributed by atoms with Crippen LogP contribution in [-0.4, -0.2) is 4.98 Å². The lowest BCUT2D eigenvalue weighted by molar-refractivity contribution is 0.668. The molecule has 0 saturated heterocycles. The van der Waals surface area contributed by atoms with E-state index in [2.05, 4.69) is 144 Å². The molecule has 8 aromatic carbocycles. The van der Waals surface area contributed by atoms with Crippen molar-refractivity contribution in [2.45, 2.75) is 0 Å². The van der Waals surface area contributed by atoms with Gasteiger partial charge >= 0.3 is 0 Å². The molecule has 0 spiro atoms. The molecule has 0 amide bonds. The second-order valence-corrected chi connectivity index (χ2v) is 14.2. The second kappa shape index (κ2) is 11.0. The molecule has 0 fully saturated rings. The van der Waals surface area contributed by atoms with E-state index in [0.717, 1.165) is 44.6 Å². The summed E-state index contributed by atoms with van der Waals surface area (Å²) < 4.78 is 9.10. The molecule has 11 rings (SSSR count). The van der Waals surface area contributed by atoms with Crippen LogP contribution in [0.4, 0.5) is 17.1 Å². The molecular formula is C47H28N2OS. The Morgan fingerprint density at radius 3 is 1.75 bits per heavy atom. The minimum Gasteiger partial charge on any atom is -0.454 e. The molecule has 0 aliphatic rings. The van der Waals surface area contributed by atoms with Gasteiger partial charge in [0.25, 0.3) is 0 Å². The largest absolute Gasteiger partial charge is 0.454 e. The predicted octanol–water partition coefficient (Wildman–Crippen LogP) is 13.9. The van der Waals surface area contributed by atoms with E-state index in [1.165, 1.54) is 58.1 Å². The predicted molar refractivity (Wildman–Crippen MR) is 217 cm³/mol. The Hall–Kier alpha value is -6.49. The van der Waals surface area contributed by atoms with Crippen LogP contribution < -0.4 is 4.90 Å². The van der Waals surface area contributed by atoms with Crippen LogP contribution in [0.1, 0.15) is 0 Å². The first-order chi connectivity index (χ1) is 25.3. The Kier molecular flexibility index (Phi) is 6.12. The fourth-order valence-corrected chi connectivity index (χ4v) is 9.09. The molecule has 0 N–H and O–H groups in total. The average Bonchev–Trinajstić information content (AvgIpc) is 3.77. The zero-order valence-corrected chi connectivity index (χ0v) is 28.2. The van der Waals surface area contributed by atoms with Crippen molar-refractivity contribution < 1.29 is 4.42 Å². The van der Waals surface area contributed by atoms with Gasteiger partial charge < -0.3 is 9.32 Å². The van der Waals surface area contributed by atoms with Gasteiger partial charge in [-0.3, -0.25) is 4.98 Å². The lowest BCUT2D eigenvalue weighted by atomic mass is 9.92. The number of aromatic nitrogens is 1. The quantitative estimate of drug-likeness (QED) is 0.175. The molecule has 0 aliphatic carbocycles. The first kappa shape index (κ1) is 28.4. The second-order valence-electron chi connectivity index (χ2n) is 13.1. The number of thiophene rings is 1. The van der Waals surface area contributed by atoms with Gasteiger partial charge in [-0.15, -0.1) is 11.3 Å². The van der Waals surface area contributed by atoms with Gasteiger partial charge in [-0.25, -0.2) is 0 Å². The van der Waals surface area contributed by atoms with E-state index in [9.17, 15) is 0 Å². The molecule has 0 bridgehead atoms. The summed E-state index contributed by atoms with van der Waals surface area (Å²) in [6.07, 6.45) is 3.83. The molecule has 11 aromatic rings. The van der Waals surface area contributed by atoms with Gasteiger partial charge in [0.2, 0.25) is 0 Å². The number of hydrogen-bond acceptors (Lipinski definition) is 4. The highest BCUT2D eigenvalue weighted by Gasteiger charge is 2.21. The van der Waals surface area contributed by atoms with E-state index >= 15 is 0 Å². The van der Waals surface area contributed by atoms with Gasteiger partial charge in [0.05, 0.1) is 6.20 Å². The summed E-state index contributed by atoms with van der Waals surface area (Å²) in [7, 11) is 0. The fourth-order valence-electron chi connectivity index (χ4n) is 7.96. The highest BCUT2D eigenvalue weighted by atomic mass is 32.1. The highest BCUT2D eigenvalue weighted by molar-refractivity contribution is 7.25. The molecule has 238 valence electrons. The smallest absolute Gasteiger partial charge is 0.162 e. The fraction of sp³-hybridized carbons (Fsp3) is 0. The Balaban J connectivity index is 1.09. The Labute approximate surface area is 297 Å². The van der Waals surface area contributed by atoms with Crippen molar-refractivity contribution in [2.24, 2.45) is 0 Å². The maximum atomic E-state index is 6.56. The lowest BCUT2D eigenvalue weighted by Crippen LogP contribution is -2.10. The van der Waals surface area contributed by atoms with Crippen LogP contribution >= 0.6 is 11.3 Å². The molecule has 0 radical (unpaired) electrons. The zero-order valence-electron chi connectivity index (χ0n) is 27.4. The minimum absolute atomic E-state index is 0.820. The van der Waals surface area contributed by atoms with Crippen molar-refractivity contribution in [2.75, 3.05) is 4.90 Å². The van der Waals surface area contributed by atoms with Crippen LogP contribution in [0, 0.1) is 0 Å². The Morgan fingerprint density at radius 1 is 0.412 bits per heavy atom. The SMILES string of the molecule is c1ccc2c(c1)oc1c(N(c3ccc(-c4ccc5c6ccccc6c6ccccc6c5c4)cc3)c3ccc4c(c3)sc3ccccc34)cncc12. The number of nitrogens with zero attached hydrogens (tertiary/aromatic N) is 2. The summed E-state index contributed by atoms with van der Waals surface area (Å²) in [6.45, 7) is 0. The maximum absolute atomic E-state index is 6.56. The van der Waals surface area contributed by atoms with E-state index in [-0.39, 0.29) is 0 Å². The number of pyridine rings is 1. The molecule has 0 unspecified atom stereocenters. The van der Waals surface area contributed by atoms with Gasteiger partial charge in [0, 0.05) is 48.5 Å². The number of anilines is 3. The molecular weight excluding hydrogens is 641 g/mol. The topological polar surface area (TPSA) is 29.3 Å². The first-order valence-corrected chi connectivity index (χ1v) is 18.0. The normalized spacial score (nSPS) is 11.9. The van der Waals surface area contributed by atoms with Gasteiger partial charge in [-0.05, 0) is 85.9 Å². The van der Waals surface area contributed by atoms with Crippen molar-refractivity contribution in [3.8, 4) is 11.1 Å². The molecule has 3 heterocycles. The van der Waals surface area contributed by atoms with Crippen LogP contribution in [0.2, 0.25) is 0 Å². The lowest BCUT2D eigenvalue weighted by Gasteiger charge is -2.25. The highest BCUT2D eigenvalue weighted by Crippen LogP contribution is 2.45. The Bertz CT molecular complexity index is 3120. The van der Waals surface area contributed by atoms with Gasteiger partial charge in [0.15, 0.2) is 5.58 Å². The summed E-state index contributed by atoms with van der Waals surface area (Å²) in [5, 5.41) is 12.3. The minimum atomic E-state index is 0.820. The van der Waals surface area contributed by atoms with Crippen LogP contribution in [-0.2, 0) is 0 Å². The van der Waals surface area contributed by atoms with Gasteiger partial charge in [0.1, 0.15) is 11.3 Å². The maximum Gasteiger partial charge on any atom is 0.162 e. The third-order valence-electron chi connectivity index (χ3n) is 10.3. The van der Waals surface area contributed by atoms with E-state index < -0.39 is 0 Å². The van der Waals surface area contributed by atoms with E-state index in [1.54, 1.807) is 0 Å². The number of rotatable bonds is 4. The van der Waals surface area contributed by atoms with Crippen LogP contribution in [0.15, 0.2) is 175 Å². The van der Waals surface area contributed by atoms with Gasteiger partial charge in [-0.1, -0.05) is 115 Å². The van der Waals surface area contributed by atoms with E-state index in [0.29, 0.717) is 0 Å². The third-order valence-corrected chi connectivity index (χ3v) is 11.5. The monoisotopic (exact) mass is 668 g/mol.